The lowest BCUT2D eigenvalue weighted by atomic mass is 9.88. The summed E-state index contributed by atoms with van der Waals surface area (Å²) in [5.41, 5.74) is -1.08. The van der Waals surface area contributed by atoms with Crippen LogP contribution in [0.2, 0.25) is 0 Å². The van der Waals surface area contributed by atoms with Crippen LogP contribution < -0.4 is 10.6 Å². The number of nitrogens with zero attached hydrogens (tertiary/aromatic N) is 3. The van der Waals surface area contributed by atoms with Crippen molar-refractivity contribution in [3.05, 3.63) is 47.5 Å². The van der Waals surface area contributed by atoms with Gasteiger partial charge in [-0.05, 0) is 88.0 Å². The number of aliphatic hydroxyl groups excluding tert-OH is 1. The lowest BCUT2D eigenvalue weighted by Gasteiger charge is -2.44. The summed E-state index contributed by atoms with van der Waals surface area (Å²) in [7, 11) is 0. The third kappa shape index (κ3) is 5.75. The van der Waals surface area contributed by atoms with Crippen LogP contribution in [0.25, 0.3) is 0 Å². The van der Waals surface area contributed by atoms with Gasteiger partial charge in [0.05, 0.1) is 31.3 Å². The quantitative estimate of drug-likeness (QED) is 0.392. The number of likely N-dealkylation sites (tertiary alicyclic amines) is 1. The zero-order valence-electron chi connectivity index (χ0n) is 23.1. The van der Waals surface area contributed by atoms with Crippen LogP contribution in [0.3, 0.4) is 0 Å². The Morgan fingerprint density at radius 1 is 1.10 bits per heavy atom. The Hall–Kier alpha value is -3.34. The van der Waals surface area contributed by atoms with E-state index in [1.54, 1.807) is 29.9 Å². The molecule has 40 heavy (non-hydrogen) atoms. The number of amides is 3. The maximum absolute atomic E-state index is 15.2. The average molecular weight is 558 g/mol. The van der Waals surface area contributed by atoms with Crippen LogP contribution in [-0.2, 0) is 9.59 Å². The van der Waals surface area contributed by atoms with Gasteiger partial charge in [-0.2, -0.15) is 5.10 Å². The Kier molecular flexibility index (Phi) is 7.69. The Morgan fingerprint density at radius 3 is 2.30 bits per heavy atom. The standard InChI is InChI=1S/C29H37F2N5O4/c1-16(2)36-23(10-11-32-36)26(38)34-25(24(18-4-5-18)19-6-7-19)27(39)33-22-9-8-20(12-21(22)30)17(3)28(40)35-13-29(31,14-35)15-37/h8-12,16-19,24-25,37H,4-7,13-15H2,1-3H3,(H,33,39)(H,34,38)/t17-,25-/m0/s1. The highest BCUT2D eigenvalue weighted by molar-refractivity contribution is 6.01. The summed E-state index contributed by atoms with van der Waals surface area (Å²) in [6.07, 6.45) is 5.54. The minimum absolute atomic E-state index is 0.0302. The Morgan fingerprint density at radius 2 is 1.75 bits per heavy atom. The largest absolute Gasteiger partial charge is 0.393 e. The third-order valence-electron chi connectivity index (χ3n) is 8.34. The zero-order chi connectivity index (χ0) is 28.8. The summed E-state index contributed by atoms with van der Waals surface area (Å²) >= 11 is 0. The molecule has 9 nitrogen and oxygen atoms in total. The van der Waals surface area contributed by atoms with Crippen LogP contribution in [0.15, 0.2) is 30.5 Å². The lowest BCUT2D eigenvalue weighted by molar-refractivity contribution is -0.150. The summed E-state index contributed by atoms with van der Waals surface area (Å²) in [4.78, 5) is 40.9. The van der Waals surface area contributed by atoms with Crippen LogP contribution in [0, 0.1) is 23.6 Å². The molecule has 11 heteroatoms. The number of hydrogen-bond donors (Lipinski definition) is 3. The molecule has 0 spiro atoms. The number of carbonyl (C=O) groups excluding carboxylic acids is 3. The molecule has 1 aliphatic heterocycles. The second-order valence-corrected chi connectivity index (χ2v) is 11.9. The van der Waals surface area contributed by atoms with Crippen LogP contribution in [0.1, 0.15) is 74.5 Å². The number of rotatable bonds is 11. The number of hydrogen-bond acceptors (Lipinski definition) is 5. The molecule has 1 aromatic heterocycles. The van der Waals surface area contributed by atoms with Gasteiger partial charge >= 0.3 is 0 Å². The molecule has 1 aromatic carbocycles. The SMILES string of the molecule is CC(C)n1nccc1C(=O)N[C@H](C(=O)Nc1ccc([C@H](C)C(=O)N2CC(F)(CO)C2)cc1F)C(C1CC1)C1CC1. The van der Waals surface area contributed by atoms with Crippen molar-refractivity contribution < 1.29 is 28.3 Å². The minimum atomic E-state index is -1.78. The maximum Gasteiger partial charge on any atom is 0.270 e. The molecular formula is C29H37F2N5O4. The number of benzene rings is 1. The molecule has 0 bridgehead atoms. The molecule has 0 unspecified atom stereocenters. The van der Waals surface area contributed by atoms with Crippen molar-refractivity contribution in [1.29, 1.82) is 0 Å². The van der Waals surface area contributed by atoms with Crippen LogP contribution in [-0.4, -0.2) is 68.9 Å². The first kappa shape index (κ1) is 28.2. The summed E-state index contributed by atoms with van der Waals surface area (Å²) in [5.74, 6) is -2.02. The van der Waals surface area contributed by atoms with Gasteiger partial charge in [0.25, 0.3) is 5.91 Å². The summed E-state index contributed by atoms with van der Waals surface area (Å²) in [6.45, 7) is 4.39. The first-order chi connectivity index (χ1) is 19.0. The van der Waals surface area contributed by atoms with Crippen LogP contribution in [0.5, 0.6) is 0 Å². The van der Waals surface area contributed by atoms with Gasteiger partial charge in [0, 0.05) is 12.2 Å². The van der Waals surface area contributed by atoms with E-state index in [1.165, 1.54) is 17.0 Å². The molecule has 3 fully saturated rings. The highest BCUT2D eigenvalue weighted by Gasteiger charge is 2.49. The van der Waals surface area contributed by atoms with Gasteiger partial charge < -0.3 is 20.6 Å². The third-order valence-corrected chi connectivity index (χ3v) is 8.34. The Balaban J connectivity index is 1.31. The van der Waals surface area contributed by atoms with Crippen LogP contribution in [0.4, 0.5) is 14.5 Å². The van der Waals surface area contributed by atoms with Crippen molar-refractivity contribution in [3.8, 4) is 0 Å². The molecule has 216 valence electrons. The second-order valence-electron chi connectivity index (χ2n) is 11.9. The number of anilines is 1. The van der Waals surface area contributed by atoms with E-state index in [2.05, 4.69) is 15.7 Å². The molecular weight excluding hydrogens is 520 g/mol. The maximum atomic E-state index is 15.2. The fraction of sp³-hybridized carbons (Fsp3) is 0.586. The van der Waals surface area contributed by atoms with Gasteiger partial charge in [-0.3, -0.25) is 19.1 Å². The van der Waals surface area contributed by atoms with Crippen LogP contribution >= 0.6 is 0 Å². The van der Waals surface area contributed by atoms with E-state index in [1.807, 2.05) is 13.8 Å². The number of halogens is 2. The lowest BCUT2D eigenvalue weighted by Crippen LogP contribution is -2.63. The van der Waals surface area contributed by atoms with Crippen molar-refractivity contribution in [2.45, 2.75) is 70.1 Å². The van der Waals surface area contributed by atoms with Gasteiger partial charge in [0.15, 0.2) is 5.67 Å². The fourth-order valence-electron chi connectivity index (χ4n) is 5.77. The normalized spacial score (nSPS) is 19.8. The van der Waals surface area contributed by atoms with Gasteiger partial charge in [-0.15, -0.1) is 0 Å². The molecule has 3 N–H and O–H groups in total. The number of carbonyl (C=O) groups is 3. The van der Waals surface area contributed by atoms with Gasteiger partial charge in [0.1, 0.15) is 17.6 Å². The predicted molar refractivity (Wildman–Crippen MR) is 144 cm³/mol. The first-order valence-electron chi connectivity index (χ1n) is 14.0. The van der Waals surface area contributed by atoms with Crippen molar-refractivity contribution in [3.63, 3.8) is 0 Å². The average Bonchev–Trinajstić information content (AvgIpc) is 3.85. The molecule has 2 heterocycles. The monoisotopic (exact) mass is 557 g/mol. The Labute approximate surface area is 232 Å². The van der Waals surface area contributed by atoms with Gasteiger partial charge in [-0.1, -0.05) is 6.07 Å². The number of nitrogens with one attached hydrogen (secondary N) is 2. The molecule has 2 aromatic rings. The molecule has 0 radical (unpaired) electrons. The van der Waals surface area contributed by atoms with Crippen molar-refractivity contribution in [2.75, 3.05) is 25.0 Å². The molecule has 1 saturated heterocycles. The van der Waals surface area contributed by atoms with Gasteiger partial charge in [-0.25, -0.2) is 8.78 Å². The summed E-state index contributed by atoms with van der Waals surface area (Å²) in [5, 5.41) is 18.9. The molecule has 2 atom stereocenters. The molecule has 2 aliphatic carbocycles. The first-order valence-corrected chi connectivity index (χ1v) is 14.0. The van der Waals surface area contributed by atoms with E-state index < -0.39 is 41.9 Å². The van der Waals surface area contributed by atoms with E-state index in [9.17, 15) is 18.8 Å². The number of aliphatic hydroxyl groups is 1. The number of alkyl halides is 1. The second kappa shape index (κ2) is 10.9. The summed E-state index contributed by atoms with van der Waals surface area (Å²) < 4.78 is 30.8. The van der Waals surface area contributed by atoms with Gasteiger partial charge in [0.2, 0.25) is 11.8 Å². The van der Waals surface area contributed by atoms with Crippen molar-refractivity contribution in [2.24, 2.45) is 17.8 Å². The van der Waals surface area contributed by atoms with Crippen molar-refractivity contribution in [1.82, 2.24) is 20.0 Å². The Bertz CT molecular complexity index is 1270. The number of aromatic nitrogens is 2. The smallest absolute Gasteiger partial charge is 0.270 e. The molecule has 3 aliphatic rings. The fourth-order valence-corrected chi connectivity index (χ4v) is 5.77. The highest BCUT2D eigenvalue weighted by atomic mass is 19.1. The zero-order valence-corrected chi connectivity index (χ0v) is 23.1. The van der Waals surface area contributed by atoms with E-state index in [0.717, 1.165) is 25.7 Å². The van der Waals surface area contributed by atoms with E-state index in [0.29, 0.717) is 23.1 Å². The highest BCUT2D eigenvalue weighted by Crippen LogP contribution is 2.51. The minimum Gasteiger partial charge on any atom is -0.393 e. The van der Waals surface area contributed by atoms with E-state index >= 15 is 4.39 Å². The van der Waals surface area contributed by atoms with E-state index in [4.69, 9.17) is 5.11 Å². The topological polar surface area (TPSA) is 117 Å². The van der Waals surface area contributed by atoms with E-state index in [-0.39, 0.29) is 36.6 Å². The molecule has 5 rings (SSSR count). The molecule has 3 amide bonds. The molecule has 2 saturated carbocycles. The predicted octanol–water partition coefficient (Wildman–Crippen LogP) is 3.42. The van der Waals surface area contributed by atoms with Crippen molar-refractivity contribution >= 4 is 23.4 Å². The summed E-state index contributed by atoms with van der Waals surface area (Å²) in [6, 6.07) is 4.91.